The Balaban J connectivity index is 3.80. The summed E-state index contributed by atoms with van der Waals surface area (Å²) < 4.78 is 5.31. The van der Waals surface area contributed by atoms with Crippen LogP contribution in [0.1, 0.15) is 78.6 Å². The SMILES string of the molecule is CCCCCCC=CC=CCC(CCCC)OC(C)=O. The van der Waals surface area contributed by atoms with Gasteiger partial charge in [-0.2, -0.15) is 0 Å². The van der Waals surface area contributed by atoms with E-state index >= 15 is 0 Å². The van der Waals surface area contributed by atoms with E-state index in [1.807, 2.05) is 0 Å². The van der Waals surface area contributed by atoms with Crippen molar-refractivity contribution in [3.8, 4) is 0 Å². The molecule has 2 heteroatoms. The monoisotopic (exact) mass is 280 g/mol. The maximum atomic E-state index is 11.0. The van der Waals surface area contributed by atoms with Crippen LogP contribution in [-0.2, 0) is 9.53 Å². The van der Waals surface area contributed by atoms with Gasteiger partial charge in [0, 0.05) is 13.3 Å². The van der Waals surface area contributed by atoms with Crippen LogP contribution in [0.4, 0.5) is 0 Å². The average molecular weight is 280 g/mol. The van der Waals surface area contributed by atoms with Gasteiger partial charge in [-0.25, -0.2) is 0 Å². The quantitative estimate of drug-likeness (QED) is 0.265. The van der Waals surface area contributed by atoms with Crippen molar-refractivity contribution in [1.29, 1.82) is 0 Å². The van der Waals surface area contributed by atoms with Gasteiger partial charge in [-0.3, -0.25) is 4.79 Å². The average Bonchev–Trinajstić information content (AvgIpc) is 2.42. The van der Waals surface area contributed by atoms with Crippen LogP contribution in [0.3, 0.4) is 0 Å². The number of allylic oxidation sites excluding steroid dienone is 3. The van der Waals surface area contributed by atoms with Crippen LogP contribution in [0.2, 0.25) is 0 Å². The molecule has 1 atom stereocenters. The van der Waals surface area contributed by atoms with Crippen LogP contribution in [0.25, 0.3) is 0 Å². The predicted molar refractivity (Wildman–Crippen MR) is 86.7 cm³/mol. The lowest BCUT2D eigenvalue weighted by Gasteiger charge is -2.14. The molecule has 0 aromatic carbocycles. The van der Waals surface area contributed by atoms with Crippen molar-refractivity contribution >= 4 is 5.97 Å². The van der Waals surface area contributed by atoms with Gasteiger partial charge < -0.3 is 4.74 Å². The summed E-state index contributed by atoms with van der Waals surface area (Å²) in [6.07, 6.45) is 19.0. The zero-order valence-corrected chi connectivity index (χ0v) is 13.6. The topological polar surface area (TPSA) is 26.3 Å². The van der Waals surface area contributed by atoms with E-state index < -0.39 is 0 Å². The molecule has 0 spiro atoms. The molecule has 0 aromatic heterocycles. The lowest BCUT2D eigenvalue weighted by Crippen LogP contribution is -2.15. The minimum Gasteiger partial charge on any atom is -0.462 e. The number of ether oxygens (including phenoxy) is 1. The first-order valence-electron chi connectivity index (χ1n) is 8.19. The summed E-state index contributed by atoms with van der Waals surface area (Å²) >= 11 is 0. The van der Waals surface area contributed by atoms with Crippen LogP contribution in [-0.4, -0.2) is 12.1 Å². The highest BCUT2D eigenvalue weighted by Crippen LogP contribution is 2.10. The standard InChI is InChI=1S/C18H32O2/c1-4-6-8-9-10-11-12-13-14-16-18(15-7-5-2)20-17(3)19/h11-14,18H,4-10,15-16H2,1-3H3. The zero-order chi connectivity index (χ0) is 15.1. The van der Waals surface area contributed by atoms with E-state index in [4.69, 9.17) is 4.74 Å². The summed E-state index contributed by atoms with van der Waals surface area (Å²) in [5.41, 5.74) is 0. The second kappa shape index (κ2) is 14.4. The van der Waals surface area contributed by atoms with Crippen molar-refractivity contribution in [3.63, 3.8) is 0 Å². The lowest BCUT2D eigenvalue weighted by atomic mass is 10.1. The highest BCUT2D eigenvalue weighted by Gasteiger charge is 2.08. The van der Waals surface area contributed by atoms with Crippen LogP contribution in [0.15, 0.2) is 24.3 Å². The smallest absolute Gasteiger partial charge is 0.302 e. The fraction of sp³-hybridized carbons (Fsp3) is 0.722. The number of carbonyl (C=O) groups excluding carboxylic acids is 1. The van der Waals surface area contributed by atoms with Gasteiger partial charge >= 0.3 is 5.97 Å². The minimum absolute atomic E-state index is 0.0432. The molecule has 0 bridgehead atoms. The Morgan fingerprint density at radius 3 is 2.35 bits per heavy atom. The molecular weight excluding hydrogens is 248 g/mol. The van der Waals surface area contributed by atoms with Gasteiger partial charge in [0.2, 0.25) is 0 Å². The van der Waals surface area contributed by atoms with Gasteiger partial charge in [-0.15, -0.1) is 0 Å². The number of rotatable bonds is 12. The van der Waals surface area contributed by atoms with E-state index in [2.05, 4.69) is 38.2 Å². The number of esters is 1. The van der Waals surface area contributed by atoms with Crippen LogP contribution in [0, 0.1) is 0 Å². The third-order valence-electron chi connectivity index (χ3n) is 3.22. The van der Waals surface area contributed by atoms with Crippen LogP contribution < -0.4 is 0 Å². The van der Waals surface area contributed by atoms with Crippen LogP contribution in [0.5, 0.6) is 0 Å². The van der Waals surface area contributed by atoms with E-state index in [1.54, 1.807) is 0 Å². The molecule has 0 amide bonds. The normalized spacial score (nSPS) is 13.2. The highest BCUT2D eigenvalue weighted by atomic mass is 16.5. The number of carbonyl (C=O) groups is 1. The molecule has 2 nitrogen and oxygen atoms in total. The molecule has 0 radical (unpaired) electrons. The van der Waals surface area contributed by atoms with E-state index in [0.717, 1.165) is 32.1 Å². The van der Waals surface area contributed by atoms with Gasteiger partial charge in [0.25, 0.3) is 0 Å². The summed E-state index contributed by atoms with van der Waals surface area (Å²) in [4.78, 5) is 11.0. The molecule has 0 N–H and O–H groups in total. The molecule has 116 valence electrons. The highest BCUT2D eigenvalue weighted by molar-refractivity contribution is 5.66. The third-order valence-corrected chi connectivity index (χ3v) is 3.22. The fourth-order valence-electron chi connectivity index (χ4n) is 2.06. The van der Waals surface area contributed by atoms with Crippen molar-refractivity contribution in [2.75, 3.05) is 0 Å². The van der Waals surface area contributed by atoms with Crippen molar-refractivity contribution in [2.45, 2.75) is 84.7 Å². The first-order chi connectivity index (χ1) is 9.70. The van der Waals surface area contributed by atoms with Gasteiger partial charge in [0.15, 0.2) is 0 Å². The van der Waals surface area contributed by atoms with E-state index in [0.29, 0.717) is 0 Å². The largest absolute Gasteiger partial charge is 0.462 e. The molecule has 0 saturated heterocycles. The first-order valence-corrected chi connectivity index (χ1v) is 8.19. The molecule has 0 fully saturated rings. The van der Waals surface area contributed by atoms with Gasteiger partial charge in [-0.1, -0.05) is 70.3 Å². The second-order valence-corrected chi connectivity index (χ2v) is 5.32. The van der Waals surface area contributed by atoms with Crippen molar-refractivity contribution in [3.05, 3.63) is 24.3 Å². The lowest BCUT2D eigenvalue weighted by molar-refractivity contribution is -0.146. The Kier molecular flexibility index (Phi) is 13.6. The van der Waals surface area contributed by atoms with Gasteiger partial charge in [-0.05, 0) is 19.3 Å². The molecule has 0 aliphatic heterocycles. The third kappa shape index (κ3) is 13.4. The molecule has 0 saturated carbocycles. The summed E-state index contributed by atoms with van der Waals surface area (Å²) in [5, 5.41) is 0. The number of hydrogen-bond donors (Lipinski definition) is 0. The molecule has 0 rings (SSSR count). The summed E-state index contributed by atoms with van der Waals surface area (Å²) in [5.74, 6) is -0.175. The van der Waals surface area contributed by atoms with Crippen molar-refractivity contribution in [1.82, 2.24) is 0 Å². The first kappa shape index (κ1) is 18.9. The maximum Gasteiger partial charge on any atom is 0.302 e. The molecule has 0 aliphatic carbocycles. The second-order valence-electron chi connectivity index (χ2n) is 5.32. The fourth-order valence-corrected chi connectivity index (χ4v) is 2.06. The van der Waals surface area contributed by atoms with Crippen molar-refractivity contribution in [2.24, 2.45) is 0 Å². The summed E-state index contributed by atoms with van der Waals surface area (Å²) in [6.45, 7) is 5.87. The molecule has 0 aromatic rings. The maximum absolute atomic E-state index is 11.0. The predicted octanol–water partition coefficient (Wildman–Crippen LogP) is 5.58. The van der Waals surface area contributed by atoms with Crippen LogP contribution >= 0.6 is 0 Å². The van der Waals surface area contributed by atoms with Gasteiger partial charge in [0.1, 0.15) is 6.10 Å². The molecule has 0 heterocycles. The Labute approximate surface area is 125 Å². The zero-order valence-electron chi connectivity index (χ0n) is 13.6. The Morgan fingerprint density at radius 2 is 1.70 bits per heavy atom. The molecular formula is C18H32O2. The van der Waals surface area contributed by atoms with Crippen molar-refractivity contribution < 1.29 is 9.53 Å². The van der Waals surface area contributed by atoms with E-state index in [-0.39, 0.29) is 12.1 Å². The Morgan fingerprint density at radius 1 is 1.00 bits per heavy atom. The minimum atomic E-state index is -0.175. The summed E-state index contributed by atoms with van der Waals surface area (Å²) in [7, 11) is 0. The molecule has 1 unspecified atom stereocenters. The Bertz CT molecular complexity index is 279. The van der Waals surface area contributed by atoms with Gasteiger partial charge in [0.05, 0.1) is 0 Å². The summed E-state index contributed by atoms with van der Waals surface area (Å²) in [6, 6.07) is 0. The Hall–Kier alpha value is -1.05. The molecule has 20 heavy (non-hydrogen) atoms. The molecule has 0 aliphatic rings. The van der Waals surface area contributed by atoms with E-state index in [9.17, 15) is 4.79 Å². The number of unbranched alkanes of at least 4 members (excludes halogenated alkanes) is 5. The number of hydrogen-bond acceptors (Lipinski definition) is 2. The van der Waals surface area contributed by atoms with E-state index in [1.165, 1.54) is 32.6 Å².